The van der Waals surface area contributed by atoms with Crippen LogP contribution < -0.4 is 0 Å². The molecule has 1 aromatic heterocycles. The zero-order valence-corrected chi connectivity index (χ0v) is 13.9. The molecule has 0 spiro atoms. The Hall–Kier alpha value is -2.68. The summed E-state index contributed by atoms with van der Waals surface area (Å²) in [5, 5.41) is 17.7. The molecule has 0 radical (unpaired) electrons. The standard InChI is InChI=1S/C18H15ClN4O/c1-23(11-14-6-4-5-13(9-14)10-20)12-17-21-22-18(24-17)15-7-2-3-8-16(15)19/h2-9H,11-12H2,1H3. The van der Waals surface area contributed by atoms with Crippen molar-refractivity contribution >= 4 is 11.6 Å². The highest BCUT2D eigenvalue weighted by molar-refractivity contribution is 6.33. The molecule has 2 aromatic carbocycles. The maximum atomic E-state index is 8.96. The Kier molecular flexibility index (Phi) is 4.90. The van der Waals surface area contributed by atoms with Crippen LogP contribution in [0.15, 0.2) is 52.9 Å². The zero-order valence-electron chi connectivity index (χ0n) is 13.1. The van der Waals surface area contributed by atoms with Gasteiger partial charge in [0.1, 0.15) is 0 Å². The first kappa shape index (κ1) is 16.2. The number of halogens is 1. The van der Waals surface area contributed by atoms with Gasteiger partial charge in [-0.2, -0.15) is 5.26 Å². The Morgan fingerprint density at radius 1 is 1.12 bits per heavy atom. The Morgan fingerprint density at radius 3 is 2.75 bits per heavy atom. The van der Waals surface area contributed by atoms with Crippen LogP contribution in [0, 0.1) is 11.3 Å². The lowest BCUT2D eigenvalue weighted by Gasteiger charge is -2.14. The molecule has 6 heteroatoms. The van der Waals surface area contributed by atoms with Gasteiger partial charge in [0, 0.05) is 6.54 Å². The molecule has 0 N–H and O–H groups in total. The van der Waals surface area contributed by atoms with Crippen molar-refractivity contribution in [2.24, 2.45) is 0 Å². The van der Waals surface area contributed by atoms with Crippen LogP contribution in [0.3, 0.4) is 0 Å². The largest absolute Gasteiger partial charge is 0.419 e. The van der Waals surface area contributed by atoms with Crippen molar-refractivity contribution in [1.82, 2.24) is 15.1 Å². The molecule has 0 atom stereocenters. The van der Waals surface area contributed by atoms with Crippen LogP contribution in [-0.2, 0) is 13.1 Å². The second-order valence-electron chi connectivity index (χ2n) is 5.47. The van der Waals surface area contributed by atoms with Gasteiger partial charge in [0.2, 0.25) is 11.8 Å². The highest BCUT2D eigenvalue weighted by atomic mass is 35.5. The van der Waals surface area contributed by atoms with Crippen LogP contribution in [0.5, 0.6) is 0 Å². The van der Waals surface area contributed by atoms with Gasteiger partial charge in [0.15, 0.2) is 0 Å². The molecule has 5 nitrogen and oxygen atoms in total. The molecule has 0 bridgehead atoms. The number of benzene rings is 2. The minimum atomic E-state index is 0.412. The molecule has 0 saturated heterocycles. The summed E-state index contributed by atoms with van der Waals surface area (Å²) >= 11 is 6.15. The van der Waals surface area contributed by atoms with Gasteiger partial charge in [-0.25, -0.2) is 0 Å². The van der Waals surface area contributed by atoms with E-state index >= 15 is 0 Å². The number of hydrogen-bond acceptors (Lipinski definition) is 5. The molecule has 3 aromatic rings. The molecular formula is C18H15ClN4O. The van der Waals surface area contributed by atoms with Crippen LogP contribution in [0.1, 0.15) is 17.0 Å². The van der Waals surface area contributed by atoms with Gasteiger partial charge >= 0.3 is 0 Å². The molecule has 0 unspecified atom stereocenters. The van der Waals surface area contributed by atoms with E-state index in [1.807, 2.05) is 48.3 Å². The number of hydrogen-bond donors (Lipinski definition) is 0. The molecule has 24 heavy (non-hydrogen) atoms. The van der Waals surface area contributed by atoms with E-state index in [0.717, 1.165) is 11.1 Å². The molecule has 3 rings (SSSR count). The number of nitriles is 1. The second-order valence-corrected chi connectivity index (χ2v) is 5.87. The van der Waals surface area contributed by atoms with E-state index in [9.17, 15) is 0 Å². The monoisotopic (exact) mass is 338 g/mol. The van der Waals surface area contributed by atoms with E-state index in [-0.39, 0.29) is 0 Å². The first-order chi connectivity index (χ1) is 11.7. The van der Waals surface area contributed by atoms with Gasteiger partial charge in [-0.15, -0.1) is 10.2 Å². The summed E-state index contributed by atoms with van der Waals surface area (Å²) in [5.74, 6) is 0.930. The van der Waals surface area contributed by atoms with Crippen molar-refractivity contribution in [1.29, 1.82) is 5.26 Å². The Labute approximate surface area is 145 Å². The van der Waals surface area contributed by atoms with Crippen LogP contribution in [0.4, 0.5) is 0 Å². The first-order valence-electron chi connectivity index (χ1n) is 7.40. The van der Waals surface area contributed by atoms with Crippen LogP contribution in [0.2, 0.25) is 5.02 Å². The van der Waals surface area contributed by atoms with E-state index in [2.05, 4.69) is 16.3 Å². The lowest BCUT2D eigenvalue weighted by atomic mass is 10.1. The minimum Gasteiger partial charge on any atom is -0.419 e. The molecule has 120 valence electrons. The van der Waals surface area contributed by atoms with E-state index in [0.29, 0.717) is 35.5 Å². The Morgan fingerprint density at radius 2 is 1.96 bits per heavy atom. The maximum Gasteiger partial charge on any atom is 0.249 e. The van der Waals surface area contributed by atoms with Crippen LogP contribution in [-0.4, -0.2) is 22.1 Å². The van der Waals surface area contributed by atoms with Crippen molar-refractivity contribution < 1.29 is 4.42 Å². The summed E-state index contributed by atoms with van der Waals surface area (Å²) in [5.41, 5.74) is 2.43. The smallest absolute Gasteiger partial charge is 0.249 e. The number of rotatable bonds is 5. The Bertz CT molecular complexity index is 884. The molecule has 0 saturated carbocycles. The molecule has 0 fully saturated rings. The predicted octanol–water partition coefficient (Wildman–Crippen LogP) is 3.89. The quantitative estimate of drug-likeness (QED) is 0.706. The highest BCUT2D eigenvalue weighted by Gasteiger charge is 2.13. The summed E-state index contributed by atoms with van der Waals surface area (Å²) in [6, 6.07) is 17.0. The summed E-state index contributed by atoms with van der Waals surface area (Å²) in [6.07, 6.45) is 0. The van der Waals surface area contributed by atoms with Gasteiger partial charge in [-0.3, -0.25) is 4.90 Å². The Balaban J connectivity index is 1.68. The lowest BCUT2D eigenvalue weighted by molar-refractivity contribution is 0.283. The normalized spacial score (nSPS) is 10.8. The van der Waals surface area contributed by atoms with Gasteiger partial charge in [0.05, 0.1) is 28.8 Å². The zero-order chi connectivity index (χ0) is 16.9. The first-order valence-corrected chi connectivity index (χ1v) is 7.78. The fraction of sp³-hybridized carbons (Fsp3) is 0.167. The third-order valence-electron chi connectivity index (χ3n) is 3.48. The maximum absolute atomic E-state index is 8.96. The fourth-order valence-corrected chi connectivity index (χ4v) is 2.62. The SMILES string of the molecule is CN(Cc1cccc(C#N)c1)Cc1nnc(-c2ccccc2Cl)o1. The molecule has 0 aliphatic rings. The van der Waals surface area contributed by atoms with Crippen LogP contribution in [0.25, 0.3) is 11.5 Å². The minimum absolute atomic E-state index is 0.412. The molecular weight excluding hydrogens is 324 g/mol. The summed E-state index contributed by atoms with van der Waals surface area (Å²) in [4.78, 5) is 2.04. The molecule has 0 amide bonds. The average molecular weight is 339 g/mol. The van der Waals surface area contributed by atoms with Gasteiger partial charge in [0.25, 0.3) is 0 Å². The van der Waals surface area contributed by atoms with Gasteiger partial charge < -0.3 is 4.42 Å². The molecule has 0 aliphatic heterocycles. The van der Waals surface area contributed by atoms with Crippen molar-refractivity contribution in [2.45, 2.75) is 13.1 Å². The van der Waals surface area contributed by atoms with Crippen molar-refractivity contribution in [3.8, 4) is 17.5 Å². The summed E-state index contributed by atoms with van der Waals surface area (Å²) < 4.78 is 5.70. The second kappa shape index (κ2) is 7.26. The average Bonchev–Trinajstić information content (AvgIpc) is 3.03. The van der Waals surface area contributed by atoms with E-state index in [4.69, 9.17) is 21.3 Å². The molecule has 1 heterocycles. The van der Waals surface area contributed by atoms with E-state index in [1.165, 1.54) is 0 Å². The third kappa shape index (κ3) is 3.80. The van der Waals surface area contributed by atoms with E-state index in [1.54, 1.807) is 12.1 Å². The van der Waals surface area contributed by atoms with Crippen molar-refractivity contribution in [3.05, 3.63) is 70.6 Å². The number of aromatic nitrogens is 2. The van der Waals surface area contributed by atoms with E-state index < -0.39 is 0 Å². The van der Waals surface area contributed by atoms with Gasteiger partial charge in [-0.1, -0.05) is 35.9 Å². The third-order valence-corrected chi connectivity index (χ3v) is 3.81. The summed E-state index contributed by atoms with van der Waals surface area (Å²) in [7, 11) is 1.96. The highest BCUT2D eigenvalue weighted by Crippen LogP contribution is 2.26. The predicted molar refractivity (Wildman–Crippen MR) is 91.1 cm³/mol. The van der Waals surface area contributed by atoms with Crippen molar-refractivity contribution in [3.63, 3.8) is 0 Å². The summed E-state index contributed by atoms with van der Waals surface area (Å²) in [6.45, 7) is 1.19. The topological polar surface area (TPSA) is 66.0 Å². The molecule has 0 aliphatic carbocycles. The fourth-order valence-electron chi connectivity index (χ4n) is 2.40. The lowest BCUT2D eigenvalue weighted by Crippen LogP contribution is -2.17. The van der Waals surface area contributed by atoms with Crippen LogP contribution >= 0.6 is 11.6 Å². The number of nitrogens with zero attached hydrogens (tertiary/aromatic N) is 4. The van der Waals surface area contributed by atoms with Gasteiger partial charge in [-0.05, 0) is 36.9 Å². The van der Waals surface area contributed by atoms with Crippen molar-refractivity contribution in [2.75, 3.05) is 7.05 Å².